The van der Waals surface area contributed by atoms with E-state index in [1.54, 1.807) is 36.4 Å². The number of carboxylic acid groups (broad SMARTS) is 1. The number of thiol groups is 1. The number of ether oxygens (including phenoxy) is 2. The number of benzene rings is 2. The molecule has 0 aliphatic carbocycles. The van der Waals surface area contributed by atoms with E-state index in [-0.39, 0.29) is 17.1 Å². The third kappa shape index (κ3) is 5.35. The molecule has 0 aromatic heterocycles. The molecule has 2 aromatic carbocycles. The van der Waals surface area contributed by atoms with Gasteiger partial charge in [0, 0.05) is 10.3 Å². The van der Waals surface area contributed by atoms with Crippen LogP contribution in [0.2, 0.25) is 0 Å². The van der Waals surface area contributed by atoms with Crippen molar-refractivity contribution in [2.45, 2.75) is 0 Å². The highest BCUT2D eigenvalue weighted by Gasteiger charge is 2.15. The second-order valence-electron chi connectivity index (χ2n) is 4.54. The Bertz CT molecular complexity index is 815. The van der Waals surface area contributed by atoms with Crippen molar-refractivity contribution in [1.29, 1.82) is 0 Å². The summed E-state index contributed by atoms with van der Waals surface area (Å²) in [5.74, 6) is -1.03. The number of para-hydroxylation sites is 1. The van der Waals surface area contributed by atoms with Gasteiger partial charge in [0.15, 0.2) is 0 Å². The Morgan fingerprint density at radius 3 is 2.36 bits per heavy atom. The summed E-state index contributed by atoms with van der Waals surface area (Å²) in [6.07, 6.45) is 0.708. The molecule has 0 amide bonds. The molecule has 5 nitrogen and oxygen atoms in total. The lowest BCUT2D eigenvalue weighted by Gasteiger charge is -2.08. The molecule has 2 rings (SSSR count). The first kappa shape index (κ1) is 19.0. The minimum Gasteiger partial charge on any atom is -0.478 e. The van der Waals surface area contributed by atoms with Gasteiger partial charge in [0.25, 0.3) is 0 Å². The van der Waals surface area contributed by atoms with Crippen LogP contribution in [0.25, 0.3) is 4.91 Å². The van der Waals surface area contributed by atoms with Crippen molar-refractivity contribution in [3.8, 4) is 11.5 Å². The molecule has 0 unspecified atom stereocenters. The lowest BCUT2D eigenvalue weighted by molar-refractivity contribution is 0.0693. The van der Waals surface area contributed by atoms with Gasteiger partial charge in [-0.25, -0.2) is 9.59 Å². The summed E-state index contributed by atoms with van der Waals surface area (Å²) >= 11 is 8.94. The van der Waals surface area contributed by atoms with Gasteiger partial charge < -0.3 is 14.6 Å². The summed E-state index contributed by atoms with van der Waals surface area (Å²) in [5.41, 5.74) is 0.730. The van der Waals surface area contributed by atoms with Gasteiger partial charge in [-0.05, 0) is 35.9 Å². The fraction of sp³-hybridized carbons (Fsp3) is 0. The first-order chi connectivity index (χ1) is 12.0. The number of hydrogen-bond donors (Lipinski definition) is 2. The summed E-state index contributed by atoms with van der Waals surface area (Å²) in [4.78, 5) is 23.8. The molecule has 128 valence electrons. The average Bonchev–Trinajstić information content (AvgIpc) is 2.60. The Kier molecular flexibility index (Phi) is 7.05. The van der Waals surface area contributed by atoms with Crippen molar-refractivity contribution < 1.29 is 24.2 Å². The van der Waals surface area contributed by atoms with E-state index in [0.29, 0.717) is 0 Å². The molecule has 0 atom stereocenters. The van der Waals surface area contributed by atoms with Crippen LogP contribution in [-0.4, -0.2) is 22.6 Å². The lowest BCUT2D eigenvalue weighted by Crippen LogP contribution is -2.15. The summed E-state index contributed by atoms with van der Waals surface area (Å²) in [7, 11) is 1.24. The minimum atomic E-state index is -1.20. The minimum absolute atomic E-state index is 0.0886. The Labute approximate surface area is 158 Å². The summed E-state index contributed by atoms with van der Waals surface area (Å²) in [5, 5.41) is 10.5. The van der Waals surface area contributed by atoms with Crippen LogP contribution in [0, 0.1) is 0 Å². The lowest BCUT2D eigenvalue weighted by atomic mass is 10.2. The molecule has 0 bridgehead atoms. The second-order valence-corrected chi connectivity index (χ2v) is 5.98. The molecule has 0 saturated heterocycles. The molecule has 0 radical (unpaired) electrons. The van der Waals surface area contributed by atoms with Crippen molar-refractivity contribution in [2.75, 3.05) is 0 Å². The largest absolute Gasteiger partial charge is 0.519 e. The van der Waals surface area contributed by atoms with E-state index < -0.39 is 12.1 Å². The quantitative estimate of drug-likeness (QED) is 0.181. The van der Waals surface area contributed by atoms with Gasteiger partial charge in [-0.1, -0.05) is 47.3 Å². The zero-order valence-electron chi connectivity index (χ0n) is 12.6. The van der Waals surface area contributed by atoms with Crippen LogP contribution in [0.1, 0.15) is 15.9 Å². The van der Waals surface area contributed by atoms with Gasteiger partial charge in [-0.2, -0.15) is 0 Å². The summed E-state index contributed by atoms with van der Waals surface area (Å²) in [6, 6.07) is 12.4. The Morgan fingerprint density at radius 1 is 1.08 bits per heavy atom. The molecule has 0 heterocycles. The maximum absolute atomic E-state index is 11.9. The van der Waals surface area contributed by atoms with E-state index in [9.17, 15) is 9.59 Å². The molecular weight excluding hydrogens is 380 g/mol. The Morgan fingerprint density at radius 2 is 1.76 bits per heavy atom. The van der Waals surface area contributed by atoms with E-state index >= 15 is 0 Å². The van der Waals surface area contributed by atoms with Crippen molar-refractivity contribution >= 4 is 57.1 Å². The van der Waals surface area contributed by atoms with Gasteiger partial charge >= 0.3 is 12.1 Å². The third-order valence-corrected chi connectivity index (χ3v) is 4.26. The van der Waals surface area contributed by atoms with Crippen molar-refractivity contribution in [3.63, 3.8) is 0 Å². The fourth-order valence-electron chi connectivity index (χ4n) is 1.87. The highest BCUT2D eigenvalue weighted by Crippen LogP contribution is 2.30. The monoisotopic (exact) mass is 392 g/mol. The molecule has 0 aliphatic heterocycles. The molecular formula is C17H12O5S3. The normalized spacial score (nSPS) is 10.8. The molecule has 2 aromatic rings. The van der Waals surface area contributed by atoms with Gasteiger partial charge in [-0.15, -0.1) is 11.7 Å². The van der Waals surface area contributed by atoms with Crippen molar-refractivity contribution in [2.24, 2.45) is 0 Å². The zero-order valence-corrected chi connectivity index (χ0v) is 15.1. The molecule has 0 aliphatic rings. The maximum Gasteiger partial charge on any atom is 0.519 e. The van der Waals surface area contributed by atoms with E-state index in [4.69, 9.17) is 26.8 Å². The summed E-state index contributed by atoms with van der Waals surface area (Å²) in [6.45, 7) is 0. The van der Waals surface area contributed by atoms with E-state index in [1.807, 2.05) is 0 Å². The topological polar surface area (TPSA) is 72.8 Å². The molecule has 25 heavy (non-hydrogen) atoms. The van der Waals surface area contributed by atoms with E-state index in [1.165, 1.54) is 34.4 Å². The zero-order chi connectivity index (χ0) is 18.2. The van der Waals surface area contributed by atoms with Crippen LogP contribution >= 0.6 is 34.7 Å². The highest BCUT2D eigenvalue weighted by atomic mass is 33.1. The molecule has 1 N–H and O–H groups in total. The van der Waals surface area contributed by atoms with Gasteiger partial charge in [-0.3, -0.25) is 0 Å². The number of hydrogen-bond acceptors (Lipinski definition) is 7. The number of thiocarbonyl (C=S) groups is 1. The van der Waals surface area contributed by atoms with Gasteiger partial charge in [0.2, 0.25) is 0 Å². The van der Waals surface area contributed by atoms with Crippen LogP contribution in [0.15, 0.2) is 54.6 Å². The predicted octanol–water partition coefficient (Wildman–Crippen LogP) is 4.88. The number of aromatic carboxylic acids is 1. The predicted molar refractivity (Wildman–Crippen MR) is 105 cm³/mol. The number of carbonyl (C=O) groups excluding carboxylic acids is 1. The Balaban J connectivity index is 2.08. The molecule has 0 spiro atoms. The van der Waals surface area contributed by atoms with Crippen LogP contribution in [-0.2, 0) is 0 Å². The number of rotatable bonds is 6. The standard InChI is InChI=1S/C17H12O5S3/c18-16(19)13-3-1-2-4-14(13)22-17(20)21-12-7-5-11(6-8-12)15(25-24)9-10-23/h1-10,24H,(H,18,19)/b15-9-. The van der Waals surface area contributed by atoms with Crippen LogP contribution < -0.4 is 9.47 Å². The number of carbonyl (C=O) groups is 2. The van der Waals surface area contributed by atoms with Crippen molar-refractivity contribution in [3.05, 3.63) is 65.7 Å². The van der Waals surface area contributed by atoms with E-state index in [2.05, 4.69) is 11.7 Å². The summed E-state index contributed by atoms with van der Waals surface area (Å²) < 4.78 is 10.0. The smallest absolute Gasteiger partial charge is 0.478 e. The number of allylic oxidation sites excluding steroid dienone is 1. The van der Waals surface area contributed by atoms with Gasteiger partial charge in [0.05, 0.1) is 0 Å². The van der Waals surface area contributed by atoms with Crippen molar-refractivity contribution in [1.82, 2.24) is 0 Å². The average molecular weight is 392 g/mol. The maximum atomic E-state index is 11.9. The molecule has 8 heteroatoms. The molecule has 0 fully saturated rings. The number of carboxylic acids is 1. The Hall–Kier alpha value is -2.29. The second kappa shape index (κ2) is 9.26. The molecule has 0 saturated carbocycles. The van der Waals surface area contributed by atoms with Gasteiger partial charge in [0.1, 0.15) is 17.1 Å². The van der Waals surface area contributed by atoms with Crippen LogP contribution in [0.3, 0.4) is 0 Å². The SMILES string of the molecule is O=C(Oc1ccc(/C(=C/C=S)SS)cc1)Oc1ccccc1C(=O)O. The van der Waals surface area contributed by atoms with Crippen LogP contribution in [0.5, 0.6) is 11.5 Å². The first-order valence-electron chi connectivity index (χ1n) is 6.84. The van der Waals surface area contributed by atoms with Crippen LogP contribution in [0.4, 0.5) is 4.79 Å². The third-order valence-electron chi connectivity index (χ3n) is 2.97. The first-order valence-corrected chi connectivity index (χ1v) is 9.18. The van der Waals surface area contributed by atoms with E-state index in [0.717, 1.165) is 10.5 Å². The highest BCUT2D eigenvalue weighted by molar-refractivity contribution is 8.72. The fourth-order valence-corrected chi connectivity index (χ4v) is 2.96.